The van der Waals surface area contributed by atoms with Gasteiger partial charge in [-0.15, -0.1) is 0 Å². The molecule has 0 saturated heterocycles. The van der Waals surface area contributed by atoms with E-state index in [0.29, 0.717) is 29.7 Å². The highest BCUT2D eigenvalue weighted by molar-refractivity contribution is 6.30. The molecule has 0 bridgehead atoms. The molecule has 0 unspecified atom stereocenters. The largest absolute Gasteiger partial charge is 0.207 e. The fourth-order valence-corrected chi connectivity index (χ4v) is 5.95. The number of hydrogen-bond donors (Lipinski definition) is 0. The molecule has 1 aliphatic carbocycles. The maximum atomic E-state index is 14.8. The summed E-state index contributed by atoms with van der Waals surface area (Å²) in [7, 11) is 0. The molecule has 0 nitrogen and oxygen atoms in total. The van der Waals surface area contributed by atoms with Crippen LogP contribution < -0.4 is 0 Å². The number of benzene rings is 3. The van der Waals surface area contributed by atoms with Crippen LogP contribution in [0.2, 0.25) is 5.02 Å². The van der Waals surface area contributed by atoms with Crippen molar-refractivity contribution >= 4 is 11.6 Å². The SMILES string of the molecule is CCCCCCc1ccc([C@H]2CC[C@H](CCc3cc(F)c(CCc4ccc(Cl)cc4)c(F)c3)CC2)cc1. The van der Waals surface area contributed by atoms with Crippen LogP contribution in [0.25, 0.3) is 0 Å². The summed E-state index contributed by atoms with van der Waals surface area (Å²) in [6.45, 7) is 2.26. The van der Waals surface area contributed by atoms with E-state index in [-0.39, 0.29) is 5.56 Å². The second-order valence-corrected chi connectivity index (χ2v) is 11.4. The molecular formula is C34H41ClF2. The van der Waals surface area contributed by atoms with Crippen LogP contribution in [0.4, 0.5) is 8.78 Å². The van der Waals surface area contributed by atoms with Crippen LogP contribution in [0.15, 0.2) is 60.7 Å². The number of rotatable bonds is 12. The molecule has 0 aromatic heterocycles. The third kappa shape index (κ3) is 8.40. The van der Waals surface area contributed by atoms with Crippen LogP contribution in [0.3, 0.4) is 0 Å². The second kappa shape index (κ2) is 14.1. The van der Waals surface area contributed by atoms with Crippen molar-refractivity contribution in [1.82, 2.24) is 0 Å². The van der Waals surface area contributed by atoms with Gasteiger partial charge in [-0.05, 0) is 123 Å². The molecule has 0 N–H and O–H groups in total. The summed E-state index contributed by atoms with van der Waals surface area (Å²) in [4.78, 5) is 0. The van der Waals surface area contributed by atoms with Gasteiger partial charge >= 0.3 is 0 Å². The lowest BCUT2D eigenvalue weighted by molar-refractivity contribution is 0.310. The van der Waals surface area contributed by atoms with Crippen molar-refractivity contribution in [3.63, 3.8) is 0 Å². The lowest BCUT2D eigenvalue weighted by Gasteiger charge is -2.29. The number of aryl methyl sites for hydroxylation is 3. The molecule has 3 aromatic rings. The maximum Gasteiger partial charge on any atom is 0.129 e. The van der Waals surface area contributed by atoms with Crippen molar-refractivity contribution in [1.29, 1.82) is 0 Å². The van der Waals surface area contributed by atoms with Crippen molar-refractivity contribution in [3.05, 3.63) is 105 Å². The molecule has 0 heterocycles. The van der Waals surface area contributed by atoms with Gasteiger partial charge in [-0.1, -0.05) is 74.2 Å². The Morgan fingerprint density at radius 2 is 1.30 bits per heavy atom. The van der Waals surface area contributed by atoms with E-state index in [9.17, 15) is 8.78 Å². The Bertz CT molecular complexity index is 1070. The standard InChI is InChI=1S/C34H41ClF2/c1-2-3-4-5-6-25-9-16-29(17-10-25)30-18-11-26(12-19-30)7-8-28-23-33(36)32(34(37)24-28)22-15-27-13-20-31(35)21-14-27/h9-10,13-14,16-17,20-21,23-24,26,30H,2-8,11-12,15,18-19,22H2,1H3/t26-,30-. The minimum absolute atomic E-state index is 0.186. The first kappa shape index (κ1) is 27.8. The Kier molecular flexibility index (Phi) is 10.6. The molecule has 37 heavy (non-hydrogen) atoms. The average Bonchev–Trinajstić information content (AvgIpc) is 2.91. The van der Waals surface area contributed by atoms with Crippen LogP contribution in [0, 0.1) is 17.6 Å². The summed E-state index contributed by atoms with van der Waals surface area (Å²) in [5, 5.41) is 0.668. The second-order valence-electron chi connectivity index (χ2n) is 11.0. The van der Waals surface area contributed by atoms with Crippen LogP contribution in [0.1, 0.15) is 98.4 Å². The molecule has 0 spiro atoms. The number of hydrogen-bond acceptors (Lipinski definition) is 0. The van der Waals surface area contributed by atoms with Crippen molar-refractivity contribution < 1.29 is 8.78 Å². The van der Waals surface area contributed by atoms with E-state index in [1.807, 2.05) is 24.3 Å². The molecule has 198 valence electrons. The lowest BCUT2D eigenvalue weighted by atomic mass is 9.76. The Labute approximate surface area is 227 Å². The van der Waals surface area contributed by atoms with E-state index in [1.165, 1.54) is 68.9 Å². The Balaban J connectivity index is 1.22. The minimum Gasteiger partial charge on any atom is -0.207 e. The number of halogens is 3. The third-order valence-corrected chi connectivity index (χ3v) is 8.49. The first-order valence-corrected chi connectivity index (χ1v) is 14.7. The molecule has 4 rings (SSSR count). The van der Waals surface area contributed by atoms with E-state index in [1.54, 1.807) is 12.1 Å². The molecule has 1 aliphatic rings. The van der Waals surface area contributed by atoms with Gasteiger partial charge < -0.3 is 0 Å². The van der Waals surface area contributed by atoms with Gasteiger partial charge in [0, 0.05) is 10.6 Å². The highest BCUT2D eigenvalue weighted by Gasteiger charge is 2.22. The van der Waals surface area contributed by atoms with Gasteiger partial charge in [0.25, 0.3) is 0 Å². The molecule has 0 atom stereocenters. The molecule has 3 heteroatoms. The summed E-state index contributed by atoms with van der Waals surface area (Å²) in [6.07, 6.45) is 14.0. The lowest BCUT2D eigenvalue weighted by Crippen LogP contribution is -2.14. The van der Waals surface area contributed by atoms with Crippen molar-refractivity contribution in [3.8, 4) is 0 Å². The van der Waals surface area contributed by atoms with Gasteiger partial charge in [-0.25, -0.2) is 8.78 Å². The van der Waals surface area contributed by atoms with Crippen LogP contribution >= 0.6 is 11.6 Å². The summed E-state index contributed by atoms with van der Waals surface area (Å²) >= 11 is 5.92. The highest BCUT2D eigenvalue weighted by Crippen LogP contribution is 2.37. The Morgan fingerprint density at radius 3 is 1.95 bits per heavy atom. The zero-order valence-electron chi connectivity index (χ0n) is 22.3. The fraction of sp³-hybridized carbons (Fsp3) is 0.471. The topological polar surface area (TPSA) is 0 Å². The van der Waals surface area contributed by atoms with Crippen LogP contribution in [-0.2, 0) is 25.7 Å². The summed E-state index contributed by atoms with van der Waals surface area (Å²) in [5.41, 5.74) is 4.94. The zero-order chi connectivity index (χ0) is 26.0. The van der Waals surface area contributed by atoms with Gasteiger partial charge in [0.05, 0.1) is 0 Å². The quantitative estimate of drug-likeness (QED) is 0.207. The summed E-state index contributed by atoms with van der Waals surface area (Å²) in [5.74, 6) is 0.466. The molecule has 1 fully saturated rings. The van der Waals surface area contributed by atoms with Gasteiger partial charge in [-0.3, -0.25) is 0 Å². The molecule has 3 aromatic carbocycles. The predicted octanol–water partition coefficient (Wildman–Crippen LogP) is 10.4. The van der Waals surface area contributed by atoms with Gasteiger partial charge in [0.2, 0.25) is 0 Å². The molecule has 0 aliphatic heterocycles. The van der Waals surface area contributed by atoms with Crippen LogP contribution in [0.5, 0.6) is 0 Å². The summed E-state index contributed by atoms with van der Waals surface area (Å²) in [6, 6.07) is 19.9. The van der Waals surface area contributed by atoms with Crippen LogP contribution in [-0.4, -0.2) is 0 Å². The maximum absolute atomic E-state index is 14.8. The molecule has 0 radical (unpaired) electrons. The van der Waals surface area contributed by atoms with E-state index in [0.717, 1.165) is 24.0 Å². The molecular weight excluding hydrogens is 482 g/mol. The monoisotopic (exact) mass is 522 g/mol. The minimum atomic E-state index is -0.415. The van der Waals surface area contributed by atoms with E-state index < -0.39 is 11.6 Å². The van der Waals surface area contributed by atoms with Gasteiger partial charge in [0.1, 0.15) is 11.6 Å². The third-order valence-electron chi connectivity index (χ3n) is 8.24. The van der Waals surface area contributed by atoms with E-state index in [2.05, 4.69) is 31.2 Å². The normalized spacial score (nSPS) is 17.7. The van der Waals surface area contributed by atoms with Gasteiger partial charge in [-0.2, -0.15) is 0 Å². The van der Waals surface area contributed by atoms with Gasteiger partial charge in [0.15, 0.2) is 0 Å². The zero-order valence-corrected chi connectivity index (χ0v) is 23.0. The Hall–Kier alpha value is -2.19. The number of unbranched alkanes of at least 4 members (excludes halogenated alkanes) is 3. The van der Waals surface area contributed by atoms with Crippen molar-refractivity contribution in [2.24, 2.45) is 5.92 Å². The highest BCUT2D eigenvalue weighted by atomic mass is 35.5. The smallest absolute Gasteiger partial charge is 0.129 e. The van der Waals surface area contributed by atoms with E-state index >= 15 is 0 Å². The summed E-state index contributed by atoms with van der Waals surface area (Å²) < 4.78 is 29.5. The van der Waals surface area contributed by atoms with Crippen molar-refractivity contribution in [2.75, 3.05) is 0 Å². The van der Waals surface area contributed by atoms with E-state index in [4.69, 9.17) is 11.6 Å². The predicted molar refractivity (Wildman–Crippen MR) is 153 cm³/mol. The first-order valence-electron chi connectivity index (χ1n) is 14.3. The fourth-order valence-electron chi connectivity index (χ4n) is 5.83. The first-order chi connectivity index (χ1) is 18.0. The molecule has 0 amide bonds. The molecule has 1 saturated carbocycles. The Morgan fingerprint density at radius 1 is 0.676 bits per heavy atom. The average molecular weight is 523 g/mol. The van der Waals surface area contributed by atoms with Crippen molar-refractivity contribution in [2.45, 2.75) is 96.3 Å².